The first kappa shape index (κ1) is 15.6. The van der Waals surface area contributed by atoms with Crippen LogP contribution in [0.15, 0.2) is 35.6 Å². The second kappa shape index (κ2) is 5.54. The monoisotopic (exact) mass is 338 g/mol. The molecule has 1 aromatic carbocycles. The Hall–Kier alpha value is -2.96. The molecule has 1 fully saturated rings. The zero-order chi connectivity index (χ0) is 17.7. The lowest BCUT2D eigenvalue weighted by atomic mass is 9.94. The summed E-state index contributed by atoms with van der Waals surface area (Å²) in [7, 11) is 1.80. The van der Waals surface area contributed by atoms with Gasteiger partial charge in [-0.25, -0.2) is 4.90 Å². The highest BCUT2D eigenvalue weighted by atomic mass is 16.6. The maximum atomic E-state index is 13.0. The van der Waals surface area contributed by atoms with E-state index in [0.29, 0.717) is 11.4 Å². The number of hydrogen-bond acceptors (Lipinski definition) is 5. The minimum absolute atomic E-state index is 0.307. The van der Waals surface area contributed by atoms with Crippen LogP contribution in [0.3, 0.4) is 0 Å². The molecule has 0 N–H and O–H groups in total. The van der Waals surface area contributed by atoms with Crippen LogP contribution in [0, 0.1) is 12.8 Å². The van der Waals surface area contributed by atoms with Crippen LogP contribution in [0.4, 0.5) is 5.69 Å². The molecular weight excluding hydrogens is 320 g/mol. The first-order chi connectivity index (χ1) is 12.0. The number of benzene rings is 1. The van der Waals surface area contributed by atoms with Crippen molar-refractivity contribution in [3.8, 4) is 0 Å². The predicted octanol–water partition coefficient (Wildman–Crippen LogP) is 1.58. The second-order valence-electron chi connectivity index (χ2n) is 6.31. The Morgan fingerprint density at radius 2 is 1.88 bits per heavy atom. The number of carbonyl (C=O) groups is 2. The van der Waals surface area contributed by atoms with E-state index in [-0.39, 0.29) is 11.8 Å². The van der Waals surface area contributed by atoms with Crippen molar-refractivity contribution in [2.24, 2.45) is 18.1 Å². The van der Waals surface area contributed by atoms with E-state index in [1.807, 2.05) is 19.1 Å². The quantitative estimate of drug-likeness (QED) is 0.796. The zero-order valence-electron chi connectivity index (χ0n) is 14.3. The third kappa shape index (κ3) is 2.26. The van der Waals surface area contributed by atoms with Gasteiger partial charge in [0.1, 0.15) is 11.6 Å². The lowest BCUT2D eigenvalue weighted by Gasteiger charge is -2.15. The van der Waals surface area contributed by atoms with E-state index >= 15 is 0 Å². The average Bonchev–Trinajstić information content (AvgIpc) is 3.24. The third-order valence-electron chi connectivity index (χ3n) is 4.70. The molecule has 0 unspecified atom stereocenters. The normalized spacial score (nSPS) is 22.2. The number of aromatic nitrogens is 2. The van der Waals surface area contributed by atoms with Gasteiger partial charge in [0.25, 0.3) is 5.91 Å². The van der Waals surface area contributed by atoms with Crippen LogP contribution in [-0.2, 0) is 27.9 Å². The van der Waals surface area contributed by atoms with Gasteiger partial charge in [-0.2, -0.15) is 5.10 Å². The van der Waals surface area contributed by atoms with Crippen molar-refractivity contribution in [1.82, 2.24) is 9.78 Å². The van der Waals surface area contributed by atoms with Crippen LogP contribution < -0.4 is 4.90 Å². The number of rotatable bonds is 3. The van der Waals surface area contributed by atoms with E-state index in [2.05, 4.69) is 17.2 Å². The van der Waals surface area contributed by atoms with Crippen molar-refractivity contribution in [3.05, 3.63) is 47.3 Å². The lowest BCUT2D eigenvalue weighted by Crippen LogP contribution is -2.33. The summed E-state index contributed by atoms with van der Waals surface area (Å²) < 4.78 is 1.66. The molecule has 4 rings (SSSR count). The van der Waals surface area contributed by atoms with Crippen molar-refractivity contribution in [2.45, 2.75) is 26.4 Å². The van der Waals surface area contributed by atoms with Crippen molar-refractivity contribution in [2.75, 3.05) is 4.90 Å². The van der Waals surface area contributed by atoms with Gasteiger partial charge in [-0.3, -0.25) is 14.3 Å². The summed E-state index contributed by atoms with van der Waals surface area (Å²) in [5, 5.41) is 8.30. The molecule has 2 aliphatic heterocycles. The van der Waals surface area contributed by atoms with Gasteiger partial charge >= 0.3 is 0 Å². The zero-order valence-corrected chi connectivity index (χ0v) is 14.3. The fourth-order valence-corrected chi connectivity index (χ4v) is 3.39. The van der Waals surface area contributed by atoms with Gasteiger partial charge in [-0.1, -0.05) is 24.2 Å². The third-order valence-corrected chi connectivity index (χ3v) is 4.70. The molecule has 0 bridgehead atoms. The van der Waals surface area contributed by atoms with Crippen LogP contribution >= 0.6 is 0 Å². The first-order valence-corrected chi connectivity index (χ1v) is 8.22. The topological polar surface area (TPSA) is 76.8 Å². The highest BCUT2D eigenvalue weighted by molar-refractivity contribution is 6.32. The Kier molecular flexibility index (Phi) is 3.45. The van der Waals surface area contributed by atoms with Gasteiger partial charge in [0.15, 0.2) is 0 Å². The summed E-state index contributed by atoms with van der Waals surface area (Å²) in [6.07, 6.45) is 1.79. The van der Waals surface area contributed by atoms with Crippen LogP contribution in [0.1, 0.15) is 23.7 Å². The summed E-state index contributed by atoms with van der Waals surface area (Å²) in [5.41, 5.74) is 3.66. The number of oxime groups is 1. The fourth-order valence-electron chi connectivity index (χ4n) is 3.39. The molecule has 1 aromatic heterocycles. The molecule has 2 aliphatic rings. The SMILES string of the molecule is CCc1ccc(N2C(=O)[C@@H]3C(c4cn(C)nc4C)=NO[C@H]3C2=O)cc1. The van der Waals surface area contributed by atoms with E-state index in [1.54, 1.807) is 30.1 Å². The summed E-state index contributed by atoms with van der Waals surface area (Å²) >= 11 is 0. The van der Waals surface area contributed by atoms with Gasteiger partial charge in [-0.15, -0.1) is 0 Å². The minimum Gasteiger partial charge on any atom is -0.381 e. The van der Waals surface area contributed by atoms with Gasteiger partial charge in [0.2, 0.25) is 12.0 Å². The van der Waals surface area contributed by atoms with Crippen molar-refractivity contribution in [3.63, 3.8) is 0 Å². The number of nitrogens with zero attached hydrogens (tertiary/aromatic N) is 4. The number of hydrogen-bond donors (Lipinski definition) is 0. The maximum Gasteiger partial charge on any atom is 0.278 e. The Bertz CT molecular complexity index is 898. The standard InChI is InChI=1S/C18H18N4O3/c1-4-11-5-7-12(8-6-11)22-17(23)14-15(20-25-16(14)18(22)24)13-9-21(3)19-10(13)2/h5-9,14,16H,4H2,1-3H3/t14-,16-/m1/s1. The van der Waals surface area contributed by atoms with Crippen molar-refractivity contribution < 1.29 is 14.4 Å². The average molecular weight is 338 g/mol. The highest BCUT2D eigenvalue weighted by Gasteiger charge is 2.56. The molecule has 2 aromatic rings. The maximum absolute atomic E-state index is 13.0. The molecular formula is C18H18N4O3. The van der Waals surface area contributed by atoms with Crippen molar-refractivity contribution in [1.29, 1.82) is 0 Å². The van der Waals surface area contributed by atoms with Crippen LogP contribution in [0.2, 0.25) is 0 Å². The van der Waals surface area contributed by atoms with Gasteiger partial charge in [0, 0.05) is 18.8 Å². The number of carbonyl (C=O) groups excluding carboxylic acids is 2. The summed E-state index contributed by atoms with van der Waals surface area (Å²) in [6.45, 7) is 3.89. The molecule has 25 heavy (non-hydrogen) atoms. The Morgan fingerprint density at radius 3 is 2.48 bits per heavy atom. The smallest absolute Gasteiger partial charge is 0.278 e. The molecule has 3 heterocycles. The van der Waals surface area contributed by atoms with E-state index in [9.17, 15) is 9.59 Å². The van der Waals surface area contributed by atoms with E-state index < -0.39 is 12.0 Å². The molecule has 7 heteroatoms. The number of aryl methyl sites for hydroxylation is 3. The number of anilines is 1. The Morgan fingerprint density at radius 1 is 1.16 bits per heavy atom. The van der Waals surface area contributed by atoms with E-state index in [0.717, 1.165) is 23.2 Å². The molecule has 0 radical (unpaired) electrons. The Balaban J connectivity index is 1.69. The Labute approximate surface area is 144 Å². The van der Waals surface area contributed by atoms with Gasteiger partial charge < -0.3 is 4.84 Å². The molecule has 0 spiro atoms. The minimum atomic E-state index is -0.895. The van der Waals surface area contributed by atoms with E-state index in [4.69, 9.17) is 4.84 Å². The molecule has 0 aliphatic carbocycles. The molecule has 128 valence electrons. The first-order valence-electron chi connectivity index (χ1n) is 8.22. The van der Waals surface area contributed by atoms with Crippen LogP contribution in [-0.4, -0.2) is 33.4 Å². The highest BCUT2D eigenvalue weighted by Crippen LogP contribution is 2.35. The summed E-state index contributed by atoms with van der Waals surface area (Å²) in [6, 6.07) is 7.43. The molecule has 2 amide bonds. The van der Waals surface area contributed by atoms with E-state index in [1.165, 1.54) is 4.90 Å². The number of fused-ring (bicyclic) bond motifs is 1. The largest absolute Gasteiger partial charge is 0.381 e. The molecule has 7 nitrogen and oxygen atoms in total. The van der Waals surface area contributed by atoms with Crippen LogP contribution in [0.25, 0.3) is 0 Å². The molecule has 0 saturated carbocycles. The van der Waals surface area contributed by atoms with Crippen LogP contribution in [0.5, 0.6) is 0 Å². The second-order valence-corrected chi connectivity index (χ2v) is 6.31. The number of amides is 2. The lowest BCUT2D eigenvalue weighted by molar-refractivity contribution is -0.126. The molecule has 1 saturated heterocycles. The predicted molar refractivity (Wildman–Crippen MR) is 91.2 cm³/mol. The summed E-state index contributed by atoms with van der Waals surface area (Å²) in [5.74, 6) is -1.40. The molecule has 2 atom stereocenters. The fraction of sp³-hybridized carbons (Fsp3) is 0.333. The van der Waals surface area contributed by atoms with Crippen molar-refractivity contribution >= 4 is 23.2 Å². The van der Waals surface area contributed by atoms with Gasteiger partial charge in [0.05, 0.1) is 11.4 Å². The summed E-state index contributed by atoms with van der Waals surface area (Å²) in [4.78, 5) is 32.2. The number of imide groups is 1. The van der Waals surface area contributed by atoms with Gasteiger partial charge in [-0.05, 0) is 31.0 Å².